The van der Waals surface area contributed by atoms with Crippen LogP contribution in [-0.2, 0) is 13.1 Å². The zero-order valence-corrected chi connectivity index (χ0v) is 13.6. The summed E-state index contributed by atoms with van der Waals surface area (Å²) in [7, 11) is 0. The first-order valence-electron chi connectivity index (χ1n) is 7.12. The Labute approximate surface area is 137 Å². The molecule has 0 aliphatic heterocycles. The molecule has 0 unspecified atom stereocenters. The van der Waals surface area contributed by atoms with Gasteiger partial charge in [0.25, 0.3) is 0 Å². The summed E-state index contributed by atoms with van der Waals surface area (Å²) in [6.45, 7) is 2.15. The Morgan fingerprint density at radius 1 is 1.14 bits per heavy atom. The van der Waals surface area contributed by atoms with Gasteiger partial charge in [-0.1, -0.05) is 30.3 Å². The van der Waals surface area contributed by atoms with E-state index >= 15 is 0 Å². The molecule has 0 aliphatic rings. The number of rotatable bonds is 6. The Hall–Kier alpha value is -1.76. The molecule has 0 spiro atoms. The fourth-order valence-corrected chi connectivity index (χ4v) is 2.91. The largest absolute Gasteiger partial charge is 0.395 e. The normalized spacial score (nSPS) is 11.4. The number of hydrogen-bond acceptors (Lipinski definition) is 4. The van der Waals surface area contributed by atoms with Gasteiger partial charge in [0.05, 0.1) is 12.3 Å². The third-order valence-corrected chi connectivity index (χ3v) is 4.29. The third kappa shape index (κ3) is 3.35. The molecule has 0 atom stereocenters. The highest BCUT2D eigenvalue weighted by molar-refractivity contribution is 9.10. The van der Waals surface area contributed by atoms with Gasteiger partial charge in [-0.25, -0.2) is 9.97 Å². The lowest BCUT2D eigenvalue weighted by Gasteiger charge is -2.20. The van der Waals surface area contributed by atoms with Gasteiger partial charge in [0.15, 0.2) is 0 Å². The first-order chi connectivity index (χ1) is 10.8. The standard InChI is InChI=1S/C16H17BrN4O/c17-15-14(19-16-18-7-4-8-21(15)16)12-20(9-10-22)11-13-5-2-1-3-6-13/h1-8,22H,9-12H2. The van der Waals surface area contributed by atoms with Crippen LogP contribution in [0.15, 0.2) is 53.4 Å². The Morgan fingerprint density at radius 3 is 2.68 bits per heavy atom. The minimum Gasteiger partial charge on any atom is -0.395 e. The van der Waals surface area contributed by atoms with Crippen LogP contribution >= 0.6 is 15.9 Å². The minimum absolute atomic E-state index is 0.121. The number of aliphatic hydroxyl groups excluding tert-OH is 1. The maximum Gasteiger partial charge on any atom is 0.234 e. The van der Waals surface area contributed by atoms with Gasteiger partial charge < -0.3 is 5.11 Å². The Morgan fingerprint density at radius 2 is 1.95 bits per heavy atom. The van der Waals surface area contributed by atoms with Crippen molar-refractivity contribution < 1.29 is 5.11 Å². The summed E-state index contributed by atoms with van der Waals surface area (Å²) in [5, 5.41) is 9.31. The van der Waals surface area contributed by atoms with Crippen LogP contribution in [0.3, 0.4) is 0 Å². The van der Waals surface area contributed by atoms with Crippen LogP contribution in [0.1, 0.15) is 11.3 Å². The number of fused-ring (bicyclic) bond motifs is 1. The van der Waals surface area contributed by atoms with Crippen LogP contribution < -0.4 is 0 Å². The fraction of sp³-hybridized carbons (Fsp3) is 0.250. The SMILES string of the molecule is OCCN(Cc1ccccc1)Cc1nc2ncccn2c1Br. The van der Waals surface area contributed by atoms with E-state index in [1.807, 2.05) is 34.9 Å². The number of hydrogen-bond donors (Lipinski definition) is 1. The van der Waals surface area contributed by atoms with Crippen molar-refractivity contribution in [3.63, 3.8) is 0 Å². The number of aromatic nitrogens is 3. The molecule has 5 nitrogen and oxygen atoms in total. The highest BCUT2D eigenvalue weighted by Crippen LogP contribution is 2.20. The molecule has 3 aromatic rings. The average Bonchev–Trinajstić information content (AvgIpc) is 2.85. The van der Waals surface area contributed by atoms with Crippen molar-refractivity contribution in [2.45, 2.75) is 13.1 Å². The van der Waals surface area contributed by atoms with Crippen LogP contribution in [0.25, 0.3) is 5.78 Å². The van der Waals surface area contributed by atoms with Gasteiger partial charge in [0, 0.05) is 32.0 Å². The molecule has 0 saturated carbocycles. The zero-order valence-electron chi connectivity index (χ0n) is 12.1. The zero-order chi connectivity index (χ0) is 15.4. The Bertz CT molecular complexity index is 744. The molecule has 22 heavy (non-hydrogen) atoms. The van der Waals surface area contributed by atoms with Crippen molar-refractivity contribution in [3.05, 3.63) is 64.7 Å². The molecular formula is C16H17BrN4O. The topological polar surface area (TPSA) is 53.7 Å². The van der Waals surface area contributed by atoms with E-state index in [-0.39, 0.29) is 6.61 Å². The highest BCUT2D eigenvalue weighted by Gasteiger charge is 2.14. The number of halogens is 1. The first kappa shape index (κ1) is 15.1. The van der Waals surface area contributed by atoms with Crippen LogP contribution in [0.5, 0.6) is 0 Å². The minimum atomic E-state index is 0.121. The summed E-state index contributed by atoms with van der Waals surface area (Å²) in [6, 6.07) is 12.1. The summed E-state index contributed by atoms with van der Waals surface area (Å²) in [5.74, 6) is 0.674. The van der Waals surface area contributed by atoms with Crippen LogP contribution in [0, 0.1) is 0 Å². The quantitative estimate of drug-likeness (QED) is 0.733. The molecule has 0 fully saturated rings. The van der Waals surface area contributed by atoms with E-state index in [0.29, 0.717) is 18.9 Å². The number of aliphatic hydroxyl groups is 1. The molecule has 6 heteroatoms. The van der Waals surface area contributed by atoms with Crippen molar-refractivity contribution >= 4 is 21.7 Å². The van der Waals surface area contributed by atoms with Gasteiger partial charge in [-0.15, -0.1) is 0 Å². The molecule has 114 valence electrons. The smallest absolute Gasteiger partial charge is 0.234 e. The number of imidazole rings is 1. The van der Waals surface area contributed by atoms with Gasteiger partial charge >= 0.3 is 0 Å². The van der Waals surface area contributed by atoms with Crippen LogP contribution in [0.2, 0.25) is 0 Å². The summed E-state index contributed by atoms with van der Waals surface area (Å²) >= 11 is 3.59. The fourth-order valence-electron chi connectivity index (χ4n) is 2.41. The van der Waals surface area contributed by atoms with E-state index in [4.69, 9.17) is 0 Å². The highest BCUT2D eigenvalue weighted by atomic mass is 79.9. The predicted molar refractivity (Wildman–Crippen MR) is 88.3 cm³/mol. The Balaban J connectivity index is 1.81. The van der Waals surface area contributed by atoms with Gasteiger partial charge in [0.2, 0.25) is 5.78 Å². The molecule has 1 aromatic carbocycles. The number of benzene rings is 1. The van der Waals surface area contributed by atoms with Gasteiger partial charge in [0.1, 0.15) is 4.60 Å². The molecule has 2 heterocycles. The average molecular weight is 361 g/mol. The summed E-state index contributed by atoms with van der Waals surface area (Å²) in [4.78, 5) is 11.0. The maximum atomic E-state index is 9.31. The molecular weight excluding hydrogens is 344 g/mol. The van der Waals surface area contributed by atoms with Crippen molar-refractivity contribution in [2.75, 3.05) is 13.2 Å². The van der Waals surface area contributed by atoms with Crippen molar-refractivity contribution in [3.8, 4) is 0 Å². The van der Waals surface area contributed by atoms with E-state index in [2.05, 4.69) is 42.9 Å². The van der Waals surface area contributed by atoms with E-state index < -0.39 is 0 Å². The number of nitrogens with zero attached hydrogens (tertiary/aromatic N) is 4. The maximum absolute atomic E-state index is 9.31. The summed E-state index contributed by atoms with van der Waals surface area (Å²) in [5.41, 5.74) is 2.14. The van der Waals surface area contributed by atoms with E-state index in [1.54, 1.807) is 6.20 Å². The molecule has 3 rings (SSSR count). The molecule has 2 aromatic heterocycles. The lowest BCUT2D eigenvalue weighted by Crippen LogP contribution is -2.26. The van der Waals surface area contributed by atoms with Gasteiger partial charge in [-0.2, -0.15) is 0 Å². The lowest BCUT2D eigenvalue weighted by molar-refractivity contribution is 0.183. The summed E-state index contributed by atoms with van der Waals surface area (Å²) in [6.07, 6.45) is 3.66. The monoisotopic (exact) mass is 360 g/mol. The molecule has 0 bridgehead atoms. The van der Waals surface area contributed by atoms with E-state index in [0.717, 1.165) is 16.8 Å². The van der Waals surface area contributed by atoms with E-state index in [9.17, 15) is 5.11 Å². The molecule has 0 saturated heterocycles. The lowest BCUT2D eigenvalue weighted by atomic mass is 10.2. The molecule has 0 aliphatic carbocycles. The van der Waals surface area contributed by atoms with Crippen molar-refractivity contribution in [1.82, 2.24) is 19.3 Å². The first-order valence-corrected chi connectivity index (χ1v) is 7.92. The Kier molecular flexibility index (Phi) is 4.82. The third-order valence-electron chi connectivity index (χ3n) is 3.45. The second kappa shape index (κ2) is 7.00. The molecule has 0 amide bonds. The van der Waals surface area contributed by atoms with Crippen LogP contribution in [0.4, 0.5) is 0 Å². The van der Waals surface area contributed by atoms with Crippen molar-refractivity contribution in [1.29, 1.82) is 0 Å². The second-order valence-corrected chi connectivity index (χ2v) is 5.81. The van der Waals surface area contributed by atoms with Crippen LogP contribution in [-0.4, -0.2) is 37.5 Å². The van der Waals surface area contributed by atoms with Crippen molar-refractivity contribution in [2.24, 2.45) is 0 Å². The molecule has 0 radical (unpaired) electrons. The summed E-state index contributed by atoms with van der Waals surface area (Å²) < 4.78 is 2.82. The second-order valence-electron chi connectivity index (χ2n) is 5.06. The van der Waals surface area contributed by atoms with Gasteiger partial charge in [-0.3, -0.25) is 9.30 Å². The molecule has 1 N–H and O–H groups in total. The predicted octanol–water partition coefficient (Wildman–Crippen LogP) is 2.49. The van der Waals surface area contributed by atoms with E-state index in [1.165, 1.54) is 5.56 Å². The van der Waals surface area contributed by atoms with Gasteiger partial charge in [-0.05, 0) is 27.6 Å².